The minimum atomic E-state index is -3.56. The first-order valence-electron chi connectivity index (χ1n) is 21.2. The second-order valence-electron chi connectivity index (χ2n) is 13.4. The van der Waals surface area contributed by atoms with Crippen molar-refractivity contribution in [2.24, 2.45) is 0 Å². The minimum absolute atomic E-state index is 0.0417. The normalized spacial score (nSPS) is 12.3. The first kappa shape index (κ1) is 59.5. The maximum atomic E-state index is 13.3. The van der Waals surface area contributed by atoms with Crippen LogP contribution in [0.2, 0.25) is 0 Å². The Bertz CT molecular complexity index is 1200. The van der Waals surface area contributed by atoms with Crippen molar-refractivity contribution < 1.29 is 74.2 Å². The van der Waals surface area contributed by atoms with Gasteiger partial charge in [0.2, 0.25) is 23.6 Å². The van der Waals surface area contributed by atoms with E-state index in [4.69, 9.17) is 53.0 Å². The molecule has 4 amide bonds. The highest BCUT2D eigenvalue weighted by Crippen LogP contribution is 2.49. The van der Waals surface area contributed by atoms with Gasteiger partial charge in [-0.1, -0.05) is 6.42 Å². The monoisotopic (exact) mass is 958 g/mol. The molecule has 0 radical (unpaired) electrons. The van der Waals surface area contributed by atoms with E-state index in [1.54, 1.807) is 41.5 Å². The number of ether oxygens (including phenoxy) is 3. The maximum Gasteiger partial charge on any atom is 0.340 e. The Morgan fingerprint density at radius 2 is 0.770 bits per heavy atom. The van der Waals surface area contributed by atoms with Gasteiger partial charge in [0.05, 0.1) is 59.5 Å². The van der Waals surface area contributed by atoms with Crippen LogP contribution in [0.3, 0.4) is 0 Å². The molecule has 0 aromatic carbocycles. The van der Waals surface area contributed by atoms with Crippen molar-refractivity contribution in [3.8, 4) is 0 Å². The number of rotatable bonds is 42. The second kappa shape index (κ2) is 35.8. The zero-order valence-electron chi connectivity index (χ0n) is 37.1. The van der Waals surface area contributed by atoms with Crippen LogP contribution < -0.4 is 21.3 Å². The highest BCUT2D eigenvalue weighted by molar-refractivity contribution is 7.55. The maximum absolute atomic E-state index is 13.3. The van der Waals surface area contributed by atoms with Gasteiger partial charge in [0.1, 0.15) is 24.0 Å². The van der Waals surface area contributed by atoms with Crippen molar-refractivity contribution in [3.05, 3.63) is 0 Å². The van der Waals surface area contributed by atoms with E-state index in [1.165, 1.54) is 0 Å². The number of alkyl halides is 1. The lowest BCUT2D eigenvalue weighted by molar-refractivity contribution is -0.128. The van der Waals surface area contributed by atoms with Gasteiger partial charge in [-0.15, -0.1) is 11.6 Å². The van der Waals surface area contributed by atoms with Crippen LogP contribution in [0, 0.1) is 0 Å². The summed E-state index contributed by atoms with van der Waals surface area (Å²) in [5.74, 6) is -1.26. The lowest BCUT2D eigenvalue weighted by atomic mass is 10.0. The second-order valence-corrected chi connectivity index (χ2v) is 20.0. The van der Waals surface area contributed by atoms with Crippen LogP contribution in [0.1, 0.15) is 86.5 Å². The number of carbonyl (C=O) groups excluding carboxylic acids is 4. The van der Waals surface area contributed by atoms with Crippen LogP contribution in [0.5, 0.6) is 0 Å². The third-order valence-electron chi connectivity index (χ3n) is 7.91. The third-order valence-corrected chi connectivity index (χ3v) is 14.1. The smallest absolute Gasteiger partial charge is 0.340 e. The Kier molecular flexibility index (Phi) is 34.9. The van der Waals surface area contributed by atoms with Crippen LogP contribution >= 0.6 is 34.4 Å². The lowest BCUT2D eigenvalue weighted by Gasteiger charge is -2.34. The molecule has 0 rings (SSSR count). The van der Waals surface area contributed by atoms with Gasteiger partial charge in [0.15, 0.2) is 0 Å². The summed E-state index contributed by atoms with van der Waals surface area (Å²) in [7, 11) is -10.7. The number of hydrogen-bond donors (Lipinski definition) is 4. The third kappa shape index (κ3) is 30.3. The van der Waals surface area contributed by atoms with Crippen molar-refractivity contribution in [1.82, 2.24) is 21.3 Å². The molecule has 0 atom stereocenters. The summed E-state index contributed by atoms with van der Waals surface area (Å²) in [5, 5.41) is 11.1. The molecule has 0 fully saturated rings. The topological polar surface area (TPSA) is 251 Å². The number of carbonyl (C=O) groups is 4. The molecule has 0 bridgehead atoms. The van der Waals surface area contributed by atoms with Gasteiger partial charge in [0, 0.05) is 51.8 Å². The molecule has 0 saturated heterocycles. The van der Waals surface area contributed by atoms with Crippen LogP contribution in [0.25, 0.3) is 0 Å². The summed E-state index contributed by atoms with van der Waals surface area (Å²) in [6, 6.07) is 0. The van der Waals surface area contributed by atoms with Crippen LogP contribution in [-0.2, 0) is 74.2 Å². The van der Waals surface area contributed by atoms with Gasteiger partial charge in [-0.2, -0.15) is 0 Å². The number of amides is 4. The zero-order valence-corrected chi connectivity index (χ0v) is 40.6. The van der Waals surface area contributed by atoms with E-state index >= 15 is 0 Å². The molecule has 61 heavy (non-hydrogen) atoms. The summed E-state index contributed by atoms with van der Waals surface area (Å²) in [6.45, 7) is 11.7. The highest BCUT2D eigenvalue weighted by Gasteiger charge is 2.34. The molecular weight excluding hydrogens is 885 g/mol. The van der Waals surface area contributed by atoms with E-state index in [0.717, 1.165) is 12.8 Å². The van der Waals surface area contributed by atoms with E-state index in [0.29, 0.717) is 31.6 Å². The molecule has 24 heteroatoms. The van der Waals surface area contributed by atoms with Crippen molar-refractivity contribution in [2.45, 2.75) is 92.0 Å². The average Bonchev–Trinajstić information content (AvgIpc) is 3.17. The fourth-order valence-corrected chi connectivity index (χ4v) is 10.1. The molecule has 0 saturated carbocycles. The zero-order chi connectivity index (χ0) is 45.9. The standard InChI is InChI=1S/C37H74ClN4O16P3/c1-7-53-59(47,54-8-2)27-34(44)39-21-16-24-50-30-37(42-33(43)19-14-13-15-20-38,31-51-25-17-22-40-35(45)28-60(48,55-9-3)56-10-4)32-52-26-18-23-41-36(46)29-61(49,57-11-5)58-12-6/h7-32H2,1-6H3,(H,39,44)(H,40,45)(H,41,46)(H,42,43). The van der Waals surface area contributed by atoms with E-state index in [1.807, 2.05) is 0 Å². The van der Waals surface area contributed by atoms with Gasteiger partial charge in [-0.3, -0.25) is 32.9 Å². The number of unbranched alkanes of at least 4 members (excludes halogenated alkanes) is 2. The predicted molar refractivity (Wildman–Crippen MR) is 233 cm³/mol. The van der Waals surface area contributed by atoms with Gasteiger partial charge in [-0.05, 0) is 73.6 Å². The molecule has 4 N–H and O–H groups in total. The minimum Gasteiger partial charge on any atom is -0.379 e. The van der Waals surface area contributed by atoms with Gasteiger partial charge < -0.3 is 62.6 Å². The van der Waals surface area contributed by atoms with Crippen molar-refractivity contribution in [3.63, 3.8) is 0 Å². The number of nitrogens with one attached hydrogen (secondary N) is 4. The molecule has 0 aliphatic heterocycles. The largest absolute Gasteiger partial charge is 0.379 e. The first-order valence-corrected chi connectivity index (χ1v) is 26.9. The summed E-state index contributed by atoms with van der Waals surface area (Å²) >= 11 is 5.83. The molecule has 0 unspecified atom stereocenters. The van der Waals surface area contributed by atoms with Crippen molar-refractivity contribution in [2.75, 3.05) is 123 Å². The van der Waals surface area contributed by atoms with Crippen molar-refractivity contribution >= 4 is 58.0 Å². The quantitative estimate of drug-likeness (QED) is 0.0357. The van der Waals surface area contributed by atoms with Crippen molar-refractivity contribution in [1.29, 1.82) is 0 Å². The Morgan fingerprint density at radius 3 is 1.05 bits per heavy atom. The Balaban J connectivity index is 5.68. The predicted octanol–water partition coefficient (Wildman–Crippen LogP) is 5.01. The molecule has 0 aromatic heterocycles. The van der Waals surface area contributed by atoms with Crippen LogP contribution in [0.15, 0.2) is 0 Å². The molecule has 360 valence electrons. The molecule has 0 aromatic rings. The lowest BCUT2D eigenvalue weighted by Crippen LogP contribution is -2.58. The molecule has 0 spiro atoms. The molecule has 20 nitrogen and oxygen atoms in total. The SMILES string of the molecule is CCOP(=O)(CC(=O)NCCCOCC(COCCCNC(=O)CP(=O)(OCC)OCC)(COCCCNC(=O)CP(=O)(OCC)OCC)NC(=O)CCCCCCl)OCC. The number of halogens is 1. The molecule has 0 heterocycles. The first-order chi connectivity index (χ1) is 29.1. The molecule has 0 aliphatic carbocycles. The number of hydrogen-bond acceptors (Lipinski definition) is 16. The molecule has 0 aliphatic rings. The highest BCUT2D eigenvalue weighted by atomic mass is 35.5. The summed E-state index contributed by atoms with van der Waals surface area (Å²) in [5.41, 5.74) is -1.18. The van der Waals surface area contributed by atoms with E-state index in [2.05, 4.69) is 21.3 Å². The Labute approximate surface area is 367 Å². The Hall–Kier alpha value is -1.50. The van der Waals surface area contributed by atoms with Crippen LogP contribution in [0.4, 0.5) is 0 Å². The van der Waals surface area contributed by atoms with Gasteiger partial charge in [-0.25, -0.2) is 0 Å². The summed E-state index contributed by atoms with van der Waals surface area (Å²) in [4.78, 5) is 50.7. The van der Waals surface area contributed by atoms with E-state index < -0.39 is 64.5 Å². The summed E-state index contributed by atoms with van der Waals surface area (Å²) < 4.78 is 87.4. The Morgan fingerprint density at radius 1 is 0.459 bits per heavy atom. The van der Waals surface area contributed by atoms with E-state index in [9.17, 15) is 32.9 Å². The van der Waals surface area contributed by atoms with E-state index in [-0.39, 0.29) is 111 Å². The molecular formula is C37H74ClN4O16P3. The average molecular weight is 959 g/mol. The van der Waals surface area contributed by atoms with Gasteiger partial charge >= 0.3 is 22.8 Å². The summed E-state index contributed by atoms with van der Waals surface area (Å²) in [6.07, 6.45) is 2.23. The fraction of sp³-hybridized carbons (Fsp3) is 0.892. The fourth-order valence-electron chi connectivity index (χ4n) is 5.42. The van der Waals surface area contributed by atoms with Gasteiger partial charge in [0.25, 0.3) is 0 Å². The van der Waals surface area contributed by atoms with Crippen LogP contribution in [-0.4, -0.2) is 152 Å².